The molecular formula is C21H16FN3OS. The van der Waals surface area contributed by atoms with Crippen LogP contribution in [0.15, 0.2) is 60.8 Å². The Bertz CT molecular complexity index is 1090. The fourth-order valence-corrected chi connectivity index (χ4v) is 3.67. The number of amides is 1. The van der Waals surface area contributed by atoms with Crippen molar-refractivity contribution < 1.29 is 9.18 Å². The van der Waals surface area contributed by atoms with Crippen LogP contribution in [0, 0.1) is 12.7 Å². The molecule has 1 N–H and O–H groups in total. The van der Waals surface area contributed by atoms with Gasteiger partial charge in [0.05, 0.1) is 6.42 Å². The lowest BCUT2D eigenvalue weighted by Gasteiger charge is -2.10. The van der Waals surface area contributed by atoms with Crippen molar-refractivity contribution in [3.8, 4) is 10.6 Å². The van der Waals surface area contributed by atoms with Gasteiger partial charge in [0.15, 0.2) is 0 Å². The first kappa shape index (κ1) is 17.3. The van der Waals surface area contributed by atoms with Crippen molar-refractivity contribution in [1.82, 2.24) is 9.97 Å². The van der Waals surface area contributed by atoms with Crippen molar-refractivity contribution in [3.05, 3.63) is 77.7 Å². The number of hydrogen-bond donors (Lipinski definition) is 1. The first-order valence-corrected chi connectivity index (χ1v) is 9.27. The number of anilines is 1. The molecule has 0 aliphatic carbocycles. The number of fused-ring (bicyclic) bond motifs is 1. The molecule has 0 unspecified atom stereocenters. The van der Waals surface area contributed by atoms with Gasteiger partial charge in [0.25, 0.3) is 0 Å². The molecule has 2 heterocycles. The van der Waals surface area contributed by atoms with Gasteiger partial charge in [-0.1, -0.05) is 35.6 Å². The van der Waals surface area contributed by atoms with Crippen LogP contribution in [0.25, 0.3) is 20.9 Å². The number of aryl methyl sites for hydroxylation is 1. The minimum atomic E-state index is -0.312. The fraction of sp³-hybridized carbons (Fsp3) is 0.0952. The molecule has 2 aromatic carbocycles. The van der Waals surface area contributed by atoms with E-state index in [2.05, 4.69) is 15.3 Å². The molecule has 4 aromatic rings. The van der Waals surface area contributed by atoms with Crippen molar-refractivity contribution in [3.63, 3.8) is 0 Å². The monoisotopic (exact) mass is 377 g/mol. The lowest BCUT2D eigenvalue weighted by atomic mass is 10.1. The number of nitrogens with one attached hydrogen (secondary N) is 1. The number of hydrogen-bond acceptors (Lipinski definition) is 4. The Morgan fingerprint density at radius 1 is 1.15 bits per heavy atom. The van der Waals surface area contributed by atoms with E-state index in [1.807, 2.05) is 37.3 Å². The van der Waals surface area contributed by atoms with Gasteiger partial charge < -0.3 is 5.32 Å². The van der Waals surface area contributed by atoms with E-state index in [0.717, 1.165) is 37.7 Å². The number of carbonyl (C=O) groups excluding carboxylic acids is 1. The van der Waals surface area contributed by atoms with Gasteiger partial charge in [-0.15, -0.1) is 0 Å². The third-order valence-electron chi connectivity index (χ3n) is 4.20. The second kappa shape index (κ2) is 7.25. The van der Waals surface area contributed by atoms with Crippen LogP contribution in [-0.2, 0) is 11.2 Å². The highest BCUT2D eigenvalue weighted by molar-refractivity contribution is 7.21. The zero-order chi connectivity index (χ0) is 18.8. The summed E-state index contributed by atoms with van der Waals surface area (Å²) in [5.41, 5.74) is 4.26. The first-order chi connectivity index (χ1) is 13.1. The Kier molecular flexibility index (Phi) is 4.64. The van der Waals surface area contributed by atoms with Crippen molar-refractivity contribution >= 4 is 33.3 Å². The molecule has 0 saturated carbocycles. The number of aromatic nitrogens is 2. The fourth-order valence-electron chi connectivity index (χ4n) is 2.77. The Morgan fingerprint density at radius 2 is 1.96 bits per heavy atom. The Morgan fingerprint density at radius 3 is 2.74 bits per heavy atom. The molecule has 0 bridgehead atoms. The van der Waals surface area contributed by atoms with Crippen LogP contribution < -0.4 is 5.32 Å². The van der Waals surface area contributed by atoms with Gasteiger partial charge in [0, 0.05) is 17.4 Å². The number of benzene rings is 2. The Hall–Kier alpha value is -3.12. The topological polar surface area (TPSA) is 54.9 Å². The molecule has 0 saturated heterocycles. The summed E-state index contributed by atoms with van der Waals surface area (Å²) in [6.45, 7) is 1.94. The molecule has 0 aliphatic heterocycles. The SMILES string of the molecule is Cc1ccc(-c2nc3cccnc3s2)cc1NC(=O)Cc1ccc(F)cc1. The lowest BCUT2D eigenvalue weighted by molar-refractivity contribution is -0.115. The van der Waals surface area contributed by atoms with Crippen molar-refractivity contribution in [2.24, 2.45) is 0 Å². The molecular weight excluding hydrogens is 361 g/mol. The van der Waals surface area contributed by atoms with Gasteiger partial charge in [0.1, 0.15) is 21.2 Å². The molecule has 4 rings (SSSR count). The second-order valence-electron chi connectivity index (χ2n) is 6.23. The van der Waals surface area contributed by atoms with E-state index in [0.29, 0.717) is 0 Å². The average molecular weight is 377 g/mol. The maximum Gasteiger partial charge on any atom is 0.228 e. The van der Waals surface area contributed by atoms with Crippen LogP contribution in [-0.4, -0.2) is 15.9 Å². The summed E-state index contributed by atoms with van der Waals surface area (Å²) in [7, 11) is 0. The van der Waals surface area contributed by atoms with Crippen molar-refractivity contribution in [1.29, 1.82) is 0 Å². The van der Waals surface area contributed by atoms with E-state index in [4.69, 9.17) is 0 Å². The Labute approximate surface area is 159 Å². The zero-order valence-electron chi connectivity index (χ0n) is 14.6. The third kappa shape index (κ3) is 3.85. The van der Waals surface area contributed by atoms with Gasteiger partial charge in [-0.3, -0.25) is 4.79 Å². The largest absolute Gasteiger partial charge is 0.326 e. The maximum atomic E-state index is 13.0. The van der Waals surface area contributed by atoms with Crippen molar-refractivity contribution in [2.75, 3.05) is 5.32 Å². The van der Waals surface area contributed by atoms with E-state index in [-0.39, 0.29) is 18.1 Å². The molecule has 1 amide bonds. The van der Waals surface area contributed by atoms with E-state index in [1.54, 1.807) is 18.3 Å². The van der Waals surface area contributed by atoms with Crippen LogP contribution in [0.3, 0.4) is 0 Å². The predicted octanol–water partition coefficient (Wildman–Crippen LogP) is 4.99. The normalized spacial score (nSPS) is 10.9. The molecule has 0 spiro atoms. The Balaban J connectivity index is 1.56. The number of rotatable bonds is 4. The molecule has 134 valence electrons. The van der Waals surface area contributed by atoms with Gasteiger partial charge in [0.2, 0.25) is 5.91 Å². The molecule has 0 atom stereocenters. The highest BCUT2D eigenvalue weighted by Crippen LogP contribution is 2.31. The number of thiazole rings is 1. The lowest BCUT2D eigenvalue weighted by Crippen LogP contribution is -2.15. The average Bonchev–Trinajstić information content (AvgIpc) is 3.09. The molecule has 0 radical (unpaired) electrons. The quantitative estimate of drug-likeness (QED) is 0.545. The molecule has 0 aliphatic rings. The number of pyridine rings is 1. The number of halogens is 1. The van der Waals surface area contributed by atoms with Crippen LogP contribution in [0.2, 0.25) is 0 Å². The van der Waals surface area contributed by atoms with Gasteiger partial charge in [-0.05, 0) is 48.4 Å². The number of nitrogens with zero attached hydrogens (tertiary/aromatic N) is 2. The summed E-state index contributed by atoms with van der Waals surface area (Å²) in [5.74, 6) is -0.458. The van der Waals surface area contributed by atoms with Crippen LogP contribution in [0.4, 0.5) is 10.1 Å². The highest BCUT2D eigenvalue weighted by Gasteiger charge is 2.11. The molecule has 2 aromatic heterocycles. The first-order valence-electron chi connectivity index (χ1n) is 8.45. The predicted molar refractivity (Wildman–Crippen MR) is 106 cm³/mol. The van der Waals surface area contributed by atoms with E-state index in [1.165, 1.54) is 23.5 Å². The molecule has 4 nitrogen and oxygen atoms in total. The van der Waals surface area contributed by atoms with Gasteiger partial charge in [-0.2, -0.15) is 0 Å². The van der Waals surface area contributed by atoms with Crippen LogP contribution in [0.1, 0.15) is 11.1 Å². The van der Waals surface area contributed by atoms with E-state index < -0.39 is 0 Å². The van der Waals surface area contributed by atoms with Crippen molar-refractivity contribution in [2.45, 2.75) is 13.3 Å². The maximum absolute atomic E-state index is 13.0. The van der Waals surface area contributed by atoms with Crippen LogP contribution in [0.5, 0.6) is 0 Å². The minimum absolute atomic E-state index is 0.146. The highest BCUT2D eigenvalue weighted by atomic mass is 32.1. The van der Waals surface area contributed by atoms with E-state index in [9.17, 15) is 9.18 Å². The second-order valence-corrected chi connectivity index (χ2v) is 7.21. The summed E-state index contributed by atoms with van der Waals surface area (Å²) in [4.78, 5) is 22.2. The minimum Gasteiger partial charge on any atom is -0.326 e. The van der Waals surface area contributed by atoms with Gasteiger partial charge in [-0.25, -0.2) is 14.4 Å². The number of carbonyl (C=O) groups is 1. The van der Waals surface area contributed by atoms with Crippen LogP contribution >= 0.6 is 11.3 Å². The molecule has 27 heavy (non-hydrogen) atoms. The molecule has 6 heteroatoms. The standard InChI is InChI=1S/C21H16FN3OS/c1-13-4-7-15(20-25-17-3-2-10-23-21(17)27-20)12-18(13)24-19(26)11-14-5-8-16(22)9-6-14/h2-10,12H,11H2,1H3,(H,24,26). The third-order valence-corrected chi connectivity index (χ3v) is 5.23. The molecule has 0 fully saturated rings. The summed E-state index contributed by atoms with van der Waals surface area (Å²) in [6, 6.07) is 15.6. The van der Waals surface area contributed by atoms with Gasteiger partial charge >= 0.3 is 0 Å². The zero-order valence-corrected chi connectivity index (χ0v) is 15.4. The van der Waals surface area contributed by atoms with E-state index >= 15 is 0 Å². The smallest absolute Gasteiger partial charge is 0.228 e. The summed E-state index contributed by atoms with van der Waals surface area (Å²) >= 11 is 1.52. The summed E-state index contributed by atoms with van der Waals surface area (Å²) in [6.07, 6.45) is 1.94. The summed E-state index contributed by atoms with van der Waals surface area (Å²) in [5, 5.41) is 3.80. The summed E-state index contributed by atoms with van der Waals surface area (Å²) < 4.78 is 13.0.